The van der Waals surface area contributed by atoms with Crippen molar-refractivity contribution < 1.29 is 9.21 Å². The molecule has 2 aromatic heterocycles. The second kappa shape index (κ2) is 7.84. The van der Waals surface area contributed by atoms with Gasteiger partial charge in [0, 0.05) is 22.9 Å². The van der Waals surface area contributed by atoms with E-state index in [1.54, 1.807) is 16.7 Å². The van der Waals surface area contributed by atoms with Gasteiger partial charge in [-0.15, -0.1) is 10.2 Å². The predicted octanol–water partition coefficient (Wildman–Crippen LogP) is 4.88. The molecule has 0 radical (unpaired) electrons. The van der Waals surface area contributed by atoms with Gasteiger partial charge in [0.05, 0.1) is 17.6 Å². The number of aryl methyl sites for hydroxylation is 1. The molecule has 0 bridgehead atoms. The van der Waals surface area contributed by atoms with Gasteiger partial charge in [0.2, 0.25) is 5.13 Å². The van der Waals surface area contributed by atoms with Crippen LogP contribution in [0.3, 0.4) is 0 Å². The number of carbonyl (C=O) groups is 1. The van der Waals surface area contributed by atoms with Gasteiger partial charge >= 0.3 is 0 Å². The van der Waals surface area contributed by atoms with Crippen molar-refractivity contribution in [1.29, 1.82) is 5.26 Å². The largest absolute Gasteiger partial charge is 0.465 e. The third-order valence-electron chi connectivity index (χ3n) is 5.35. The van der Waals surface area contributed by atoms with E-state index < -0.39 is 5.92 Å². The van der Waals surface area contributed by atoms with Crippen LogP contribution in [0.4, 0.5) is 5.13 Å². The van der Waals surface area contributed by atoms with Crippen LogP contribution in [0.5, 0.6) is 0 Å². The normalized spacial score (nSPS) is 21.0. The van der Waals surface area contributed by atoms with Crippen molar-refractivity contribution in [1.82, 2.24) is 10.2 Å². The minimum Gasteiger partial charge on any atom is -0.465 e. The summed E-state index contributed by atoms with van der Waals surface area (Å²) >= 11 is 3.04. The standard InChI is InChI=1S/C22H25N5O2S2/c1-11(2)30-21-26-25-20(31-21)27-14-8-22(4,5)9-15(28)18(14)17(13(10-23)19(27)24)16-7-6-12(3)29-16/h6-7,11,17H,8-9,24H2,1-5H3. The molecule has 1 atom stereocenters. The molecule has 1 aliphatic heterocycles. The zero-order valence-corrected chi connectivity index (χ0v) is 19.9. The summed E-state index contributed by atoms with van der Waals surface area (Å²) in [5.41, 5.74) is 8.01. The summed E-state index contributed by atoms with van der Waals surface area (Å²) in [6.45, 7) is 10.2. The zero-order valence-electron chi connectivity index (χ0n) is 18.2. The molecule has 162 valence electrons. The lowest BCUT2D eigenvalue weighted by atomic mass is 9.69. The van der Waals surface area contributed by atoms with Crippen LogP contribution in [0.2, 0.25) is 0 Å². The molecule has 0 fully saturated rings. The van der Waals surface area contributed by atoms with Crippen molar-refractivity contribution in [3.63, 3.8) is 0 Å². The van der Waals surface area contributed by atoms with Crippen molar-refractivity contribution in [2.24, 2.45) is 11.1 Å². The number of nitrogens with two attached hydrogens (primary N) is 1. The lowest BCUT2D eigenvalue weighted by Crippen LogP contribution is -2.42. The van der Waals surface area contributed by atoms with Crippen LogP contribution < -0.4 is 10.6 Å². The van der Waals surface area contributed by atoms with Crippen molar-refractivity contribution in [3.8, 4) is 6.07 Å². The van der Waals surface area contributed by atoms with E-state index in [0.717, 1.165) is 15.8 Å². The maximum atomic E-state index is 13.4. The Hall–Kier alpha value is -2.57. The van der Waals surface area contributed by atoms with Crippen molar-refractivity contribution in [2.45, 2.75) is 63.0 Å². The van der Waals surface area contributed by atoms with Gasteiger partial charge in [-0.2, -0.15) is 5.26 Å². The van der Waals surface area contributed by atoms with Crippen LogP contribution in [0.1, 0.15) is 58.0 Å². The molecule has 1 unspecified atom stereocenters. The Morgan fingerprint density at radius 1 is 1.35 bits per heavy atom. The number of aromatic nitrogens is 2. The Kier molecular flexibility index (Phi) is 5.48. The fraction of sp³-hybridized carbons (Fsp3) is 0.455. The summed E-state index contributed by atoms with van der Waals surface area (Å²) in [7, 11) is 0. The van der Waals surface area contributed by atoms with Gasteiger partial charge in [-0.25, -0.2) is 0 Å². The van der Waals surface area contributed by atoms with Gasteiger partial charge in [0.1, 0.15) is 17.3 Å². The summed E-state index contributed by atoms with van der Waals surface area (Å²) < 4.78 is 6.69. The second-order valence-corrected chi connectivity index (χ2v) is 11.7. The van der Waals surface area contributed by atoms with Crippen LogP contribution in [-0.4, -0.2) is 21.2 Å². The van der Waals surface area contributed by atoms with E-state index in [0.29, 0.717) is 40.1 Å². The number of Topliss-reactive ketones (excluding diaryl/α,β-unsaturated/α-hetero) is 1. The van der Waals surface area contributed by atoms with Crippen LogP contribution in [-0.2, 0) is 4.79 Å². The molecule has 0 amide bonds. The third-order valence-corrected chi connectivity index (χ3v) is 7.35. The third kappa shape index (κ3) is 3.90. The first-order chi connectivity index (χ1) is 14.6. The first kappa shape index (κ1) is 21.7. The Morgan fingerprint density at radius 3 is 2.71 bits per heavy atom. The molecule has 2 aromatic rings. The molecule has 2 N–H and O–H groups in total. The molecule has 0 aromatic carbocycles. The lowest BCUT2D eigenvalue weighted by Gasteiger charge is -2.42. The van der Waals surface area contributed by atoms with Gasteiger partial charge in [-0.05, 0) is 30.9 Å². The fourth-order valence-corrected chi connectivity index (χ4v) is 6.27. The molecule has 7 nitrogen and oxygen atoms in total. The topological polar surface area (TPSA) is 109 Å². The van der Waals surface area contributed by atoms with Gasteiger partial charge in [0.15, 0.2) is 10.1 Å². The highest BCUT2D eigenvalue weighted by Gasteiger charge is 2.46. The predicted molar refractivity (Wildman–Crippen MR) is 121 cm³/mol. The van der Waals surface area contributed by atoms with E-state index in [2.05, 4.69) is 44.0 Å². The Labute approximate surface area is 190 Å². The number of ketones is 1. The highest BCUT2D eigenvalue weighted by Crippen LogP contribution is 2.51. The first-order valence-corrected chi connectivity index (χ1v) is 11.8. The van der Waals surface area contributed by atoms with Crippen molar-refractivity contribution in [2.75, 3.05) is 4.90 Å². The summed E-state index contributed by atoms with van der Waals surface area (Å²) in [5.74, 6) is 0.968. The molecule has 0 saturated carbocycles. The number of furan rings is 1. The number of hydrogen-bond donors (Lipinski definition) is 1. The minimum atomic E-state index is -0.606. The molecule has 31 heavy (non-hydrogen) atoms. The quantitative estimate of drug-likeness (QED) is 0.650. The van der Waals surface area contributed by atoms with E-state index >= 15 is 0 Å². The van der Waals surface area contributed by atoms with Crippen molar-refractivity contribution in [3.05, 3.63) is 46.3 Å². The average molecular weight is 456 g/mol. The van der Waals surface area contributed by atoms with E-state index in [4.69, 9.17) is 10.2 Å². The Balaban J connectivity index is 1.92. The number of nitriles is 1. The van der Waals surface area contributed by atoms with Crippen molar-refractivity contribution >= 4 is 34.0 Å². The number of nitrogens with zero attached hydrogens (tertiary/aromatic N) is 4. The number of rotatable bonds is 4. The number of hydrogen-bond acceptors (Lipinski definition) is 9. The van der Waals surface area contributed by atoms with Crippen LogP contribution in [0, 0.1) is 23.7 Å². The molecule has 0 saturated heterocycles. The van der Waals surface area contributed by atoms with Crippen LogP contribution >= 0.6 is 23.1 Å². The molecular weight excluding hydrogens is 430 g/mol. The zero-order chi connectivity index (χ0) is 22.5. The van der Waals surface area contributed by atoms with Gasteiger partial charge < -0.3 is 10.2 Å². The minimum absolute atomic E-state index is 0.0110. The summed E-state index contributed by atoms with van der Waals surface area (Å²) in [5, 5.41) is 19.6. The monoisotopic (exact) mass is 455 g/mol. The second-order valence-electron chi connectivity index (χ2n) is 8.95. The molecule has 9 heteroatoms. The van der Waals surface area contributed by atoms with E-state index in [1.807, 2.05) is 19.1 Å². The maximum Gasteiger partial charge on any atom is 0.219 e. The highest BCUT2D eigenvalue weighted by molar-refractivity contribution is 8.01. The number of allylic oxidation sites excluding steroid dienone is 3. The maximum absolute atomic E-state index is 13.4. The smallest absolute Gasteiger partial charge is 0.219 e. The lowest BCUT2D eigenvalue weighted by molar-refractivity contribution is -0.118. The van der Waals surface area contributed by atoms with Gasteiger partial charge in [-0.1, -0.05) is 50.8 Å². The van der Waals surface area contributed by atoms with Gasteiger partial charge in [0.25, 0.3) is 0 Å². The fourth-order valence-electron chi connectivity index (χ4n) is 4.16. The first-order valence-electron chi connectivity index (χ1n) is 10.1. The molecule has 1 aliphatic carbocycles. The van der Waals surface area contributed by atoms with E-state index in [-0.39, 0.29) is 17.0 Å². The molecule has 2 aliphatic rings. The average Bonchev–Trinajstić information content (AvgIpc) is 3.28. The molecule has 4 rings (SSSR count). The molecular formula is C22H25N5O2S2. The van der Waals surface area contributed by atoms with Gasteiger partial charge in [-0.3, -0.25) is 9.69 Å². The number of carbonyl (C=O) groups excluding carboxylic acids is 1. The Morgan fingerprint density at radius 2 is 2.10 bits per heavy atom. The number of thioether (sulfide) groups is 1. The summed E-state index contributed by atoms with van der Waals surface area (Å²) in [6, 6.07) is 5.90. The molecule has 0 spiro atoms. The Bertz CT molecular complexity index is 1150. The van der Waals surface area contributed by atoms with E-state index in [9.17, 15) is 10.1 Å². The SMILES string of the molecule is Cc1ccc(C2C(C#N)=C(N)N(c3nnc(SC(C)C)s3)C3=C2C(=O)CC(C)(C)C3)o1. The highest BCUT2D eigenvalue weighted by atomic mass is 32.2. The molecule has 3 heterocycles. The van der Waals surface area contributed by atoms with Crippen LogP contribution in [0.15, 0.2) is 43.6 Å². The van der Waals surface area contributed by atoms with E-state index in [1.165, 1.54) is 11.3 Å². The van der Waals surface area contributed by atoms with Crippen LogP contribution in [0.25, 0.3) is 0 Å². The summed E-state index contributed by atoms with van der Waals surface area (Å²) in [6.07, 6.45) is 1.04. The summed E-state index contributed by atoms with van der Waals surface area (Å²) in [4.78, 5) is 15.2. The number of anilines is 1.